The number of hydrogen-bond donors (Lipinski definition) is 3. The van der Waals surface area contributed by atoms with Crippen molar-refractivity contribution in [2.75, 3.05) is 6.54 Å². The van der Waals surface area contributed by atoms with E-state index in [0.29, 0.717) is 18.4 Å². The molecule has 3 N–H and O–H groups in total. The van der Waals surface area contributed by atoms with Crippen molar-refractivity contribution >= 4 is 18.0 Å². The molecule has 0 radical (unpaired) electrons. The summed E-state index contributed by atoms with van der Waals surface area (Å²) in [5.74, 6) is -1.93. The van der Waals surface area contributed by atoms with Crippen molar-refractivity contribution in [3.63, 3.8) is 0 Å². The lowest BCUT2D eigenvalue weighted by molar-refractivity contribution is -0.145. The quantitative estimate of drug-likeness (QED) is 0.714. The van der Waals surface area contributed by atoms with E-state index in [0.717, 1.165) is 6.42 Å². The van der Waals surface area contributed by atoms with E-state index in [-0.39, 0.29) is 6.04 Å². The third kappa shape index (κ3) is 4.11. The van der Waals surface area contributed by atoms with Crippen LogP contribution >= 0.6 is 0 Å². The normalized spacial score (nSPS) is 27.8. The van der Waals surface area contributed by atoms with E-state index in [4.69, 9.17) is 10.2 Å². The smallest absolute Gasteiger partial charge is 0.326 e. The van der Waals surface area contributed by atoms with Gasteiger partial charge in [0.25, 0.3) is 0 Å². The molecule has 20 heavy (non-hydrogen) atoms. The Morgan fingerprint density at radius 3 is 2.35 bits per heavy atom. The first-order chi connectivity index (χ1) is 9.22. The number of carboxylic acids is 2. The van der Waals surface area contributed by atoms with E-state index < -0.39 is 30.4 Å². The highest BCUT2D eigenvalue weighted by atomic mass is 16.4. The van der Waals surface area contributed by atoms with E-state index >= 15 is 0 Å². The van der Waals surface area contributed by atoms with Crippen LogP contribution < -0.4 is 5.32 Å². The minimum atomic E-state index is -1.40. The second kappa shape index (κ2) is 6.58. The number of piperidine rings is 1. The van der Waals surface area contributed by atoms with Gasteiger partial charge in [0.05, 0.1) is 6.42 Å². The molecule has 114 valence electrons. The van der Waals surface area contributed by atoms with Crippen LogP contribution in [0.4, 0.5) is 4.79 Å². The topological polar surface area (TPSA) is 107 Å². The molecule has 1 rings (SSSR count). The maximum absolute atomic E-state index is 12.2. The Balaban J connectivity index is 2.72. The molecule has 0 spiro atoms. The van der Waals surface area contributed by atoms with Crippen LogP contribution in [0.3, 0.4) is 0 Å². The fourth-order valence-corrected chi connectivity index (χ4v) is 2.59. The van der Waals surface area contributed by atoms with Gasteiger partial charge < -0.3 is 20.4 Å². The van der Waals surface area contributed by atoms with Crippen LogP contribution in [0.2, 0.25) is 0 Å². The van der Waals surface area contributed by atoms with Crippen LogP contribution in [0.15, 0.2) is 0 Å². The Morgan fingerprint density at radius 1 is 1.25 bits per heavy atom. The number of nitrogens with zero attached hydrogens (tertiary/aromatic N) is 1. The number of rotatable bonds is 4. The number of carbonyl (C=O) groups is 3. The highest BCUT2D eigenvalue weighted by Crippen LogP contribution is 2.26. The molecule has 0 aromatic heterocycles. The second-order valence-corrected chi connectivity index (χ2v) is 5.65. The lowest BCUT2D eigenvalue weighted by Gasteiger charge is -2.41. The van der Waals surface area contributed by atoms with Crippen LogP contribution in [0.1, 0.15) is 33.6 Å². The number of carboxylic acid groups (broad SMARTS) is 2. The molecule has 1 heterocycles. The van der Waals surface area contributed by atoms with Gasteiger partial charge in [0, 0.05) is 12.6 Å². The van der Waals surface area contributed by atoms with Crippen molar-refractivity contribution in [2.45, 2.75) is 45.7 Å². The highest BCUT2D eigenvalue weighted by molar-refractivity contribution is 5.86. The van der Waals surface area contributed by atoms with Crippen molar-refractivity contribution in [3.05, 3.63) is 0 Å². The zero-order chi connectivity index (χ0) is 15.4. The molecule has 0 aromatic rings. The van der Waals surface area contributed by atoms with Gasteiger partial charge in [-0.25, -0.2) is 9.59 Å². The summed E-state index contributed by atoms with van der Waals surface area (Å²) in [5.41, 5.74) is 0. The summed E-state index contributed by atoms with van der Waals surface area (Å²) in [4.78, 5) is 35.3. The number of nitrogens with one attached hydrogen (secondary N) is 1. The minimum absolute atomic E-state index is 0.00507. The van der Waals surface area contributed by atoms with Gasteiger partial charge in [-0.3, -0.25) is 4.79 Å². The maximum Gasteiger partial charge on any atom is 0.326 e. The van der Waals surface area contributed by atoms with Gasteiger partial charge in [0.15, 0.2) is 0 Å². The molecule has 1 fully saturated rings. The number of urea groups is 1. The number of likely N-dealkylation sites (tertiary alicyclic amines) is 1. The highest BCUT2D eigenvalue weighted by Gasteiger charge is 2.34. The Kier molecular flexibility index (Phi) is 5.35. The van der Waals surface area contributed by atoms with Gasteiger partial charge in [-0.15, -0.1) is 0 Å². The standard InChI is InChI=1S/C13H22N2O5/c1-7-4-8(2)9(3)15(6-7)13(20)14-10(12(18)19)5-11(16)17/h7-10H,4-6H2,1-3H3,(H,14,20)(H,16,17)(H,18,19)/t7?,8?,9?,10-/m0/s1. The fraction of sp³-hybridized carbons (Fsp3) is 0.769. The van der Waals surface area contributed by atoms with Gasteiger partial charge in [0.1, 0.15) is 6.04 Å². The Hall–Kier alpha value is -1.79. The van der Waals surface area contributed by atoms with Gasteiger partial charge in [-0.2, -0.15) is 0 Å². The van der Waals surface area contributed by atoms with Crippen molar-refractivity contribution in [1.82, 2.24) is 10.2 Å². The summed E-state index contributed by atoms with van der Waals surface area (Å²) in [5, 5.41) is 19.9. The molecule has 7 nitrogen and oxygen atoms in total. The van der Waals surface area contributed by atoms with E-state index in [1.54, 1.807) is 4.90 Å². The second-order valence-electron chi connectivity index (χ2n) is 5.65. The molecule has 4 atom stereocenters. The van der Waals surface area contributed by atoms with Crippen molar-refractivity contribution in [1.29, 1.82) is 0 Å². The predicted octanol–water partition coefficient (Wildman–Crippen LogP) is 0.990. The molecule has 3 unspecified atom stereocenters. The van der Waals surface area contributed by atoms with Crippen LogP contribution in [0.5, 0.6) is 0 Å². The molecular formula is C13H22N2O5. The average Bonchev–Trinajstić information content (AvgIpc) is 2.32. The zero-order valence-electron chi connectivity index (χ0n) is 12.0. The largest absolute Gasteiger partial charge is 0.481 e. The molecule has 0 aliphatic carbocycles. The first kappa shape index (κ1) is 16.3. The monoisotopic (exact) mass is 286 g/mol. The van der Waals surface area contributed by atoms with E-state index in [1.807, 2.05) is 20.8 Å². The fourth-order valence-electron chi connectivity index (χ4n) is 2.59. The lowest BCUT2D eigenvalue weighted by atomic mass is 9.86. The maximum atomic E-state index is 12.2. The average molecular weight is 286 g/mol. The number of aliphatic carboxylic acids is 2. The summed E-state index contributed by atoms with van der Waals surface area (Å²) in [7, 11) is 0. The molecule has 1 aliphatic rings. The first-order valence-corrected chi connectivity index (χ1v) is 6.74. The summed E-state index contributed by atoms with van der Waals surface area (Å²) in [6.45, 7) is 6.56. The Bertz CT molecular complexity index is 398. The summed E-state index contributed by atoms with van der Waals surface area (Å²) in [6, 6.07) is -1.91. The van der Waals surface area contributed by atoms with Crippen LogP contribution in [-0.4, -0.2) is 51.7 Å². The van der Waals surface area contributed by atoms with Crippen LogP contribution in [0, 0.1) is 11.8 Å². The molecule has 2 amide bonds. The predicted molar refractivity (Wildman–Crippen MR) is 71.3 cm³/mol. The van der Waals surface area contributed by atoms with Gasteiger partial charge in [-0.05, 0) is 25.2 Å². The summed E-state index contributed by atoms with van der Waals surface area (Å²) >= 11 is 0. The summed E-state index contributed by atoms with van der Waals surface area (Å²) < 4.78 is 0. The van der Waals surface area contributed by atoms with E-state index in [2.05, 4.69) is 5.32 Å². The van der Waals surface area contributed by atoms with Crippen LogP contribution in [-0.2, 0) is 9.59 Å². The Morgan fingerprint density at radius 2 is 1.85 bits per heavy atom. The summed E-state index contributed by atoms with van der Waals surface area (Å²) in [6.07, 6.45) is 0.386. The number of amides is 2. The van der Waals surface area contributed by atoms with E-state index in [9.17, 15) is 14.4 Å². The minimum Gasteiger partial charge on any atom is -0.481 e. The third-order valence-electron chi connectivity index (χ3n) is 3.83. The SMILES string of the molecule is CC1CC(C)C(C)N(C(=O)N[C@@H](CC(=O)O)C(=O)O)C1. The van der Waals surface area contributed by atoms with Crippen molar-refractivity contribution in [2.24, 2.45) is 11.8 Å². The van der Waals surface area contributed by atoms with Crippen molar-refractivity contribution < 1.29 is 24.6 Å². The molecule has 0 saturated carbocycles. The first-order valence-electron chi connectivity index (χ1n) is 6.74. The molecule has 1 aliphatic heterocycles. The number of carbonyl (C=O) groups excluding carboxylic acids is 1. The van der Waals surface area contributed by atoms with Crippen LogP contribution in [0.25, 0.3) is 0 Å². The molecule has 0 bridgehead atoms. The Labute approximate surface area is 117 Å². The third-order valence-corrected chi connectivity index (χ3v) is 3.83. The van der Waals surface area contributed by atoms with Gasteiger partial charge in [0.2, 0.25) is 0 Å². The van der Waals surface area contributed by atoms with Crippen molar-refractivity contribution in [3.8, 4) is 0 Å². The lowest BCUT2D eigenvalue weighted by Crippen LogP contribution is -2.55. The number of hydrogen-bond acceptors (Lipinski definition) is 3. The zero-order valence-corrected chi connectivity index (χ0v) is 12.0. The van der Waals surface area contributed by atoms with E-state index in [1.165, 1.54) is 0 Å². The molecular weight excluding hydrogens is 264 g/mol. The molecule has 7 heteroatoms. The van der Waals surface area contributed by atoms with Gasteiger partial charge >= 0.3 is 18.0 Å². The molecule has 1 saturated heterocycles. The van der Waals surface area contributed by atoms with Gasteiger partial charge in [-0.1, -0.05) is 13.8 Å². The molecule has 0 aromatic carbocycles.